The number of carbonyl (C=O) groups is 1. The highest BCUT2D eigenvalue weighted by atomic mass is 79.9. The number of Topliss-reactive ketones (excluding diaryl/α,β-unsaturated/α-hetero) is 1. The van der Waals surface area contributed by atoms with Gasteiger partial charge in [0.15, 0.2) is 5.78 Å². The average Bonchev–Trinajstić information content (AvgIpc) is 2.26. The van der Waals surface area contributed by atoms with Gasteiger partial charge in [0.25, 0.3) is 0 Å². The van der Waals surface area contributed by atoms with Crippen molar-refractivity contribution in [1.29, 1.82) is 0 Å². The first-order chi connectivity index (χ1) is 7.47. The first kappa shape index (κ1) is 13.2. The number of ketones is 1. The lowest BCUT2D eigenvalue weighted by Crippen LogP contribution is -2.27. The molecule has 0 spiro atoms. The van der Waals surface area contributed by atoms with Crippen molar-refractivity contribution in [2.75, 3.05) is 11.9 Å². The molecule has 0 N–H and O–H groups in total. The largest absolute Gasteiger partial charge is 0.372 e. The van der Waals surface area contributed by atoms with Gasteiger partial charge in [-0.1, -0.05) is 6.92 Å². The zero-order chi connectivity index (χ0) is 12.3. The SMILES string of the molecule is CCC(C)N(C)c1ccc(C(C)=O)c(Br)c1. The number of hydrogen-bond donors (Lipinski definition) is 0. The van der Waals surface area contributed by atoms with Crippen LogP contribution in [0, 0.1) is 0 Å². The van der Waals surface area contributed by atoms with Crippen LogP contribution in [0.15, 0.2) is 22.7 Å². The molecule has 0 saturated carbocycles. The Hall–Kier alpha value is -0.830. The van der Waals surface area contributed by atoms with Gasteiger partial charge in [0.05, 0.1) is 0 Å². The Kier molecular flexibility index (Phi) is 4.54. The fourth-order valence-corrected chi connectivity index (χ4v) is 2.18. The van der Waals surface area contributed by atoms with Gasteiger partial charge in [0.2, 0.25) is 0 Å². The lowest BCUT2D eigenvalue weighted by atomic mass is 10.1. The Morgan fingerprint density at radius 3 is 2.56 bits per heavy atom. The second-order valence-corrected chi connectivity index (χ2v) is 4.94. The average molecular weight is 284 g/mol. The number of anilines is 1. The fraction of sp³-hybridized carbons (Fsp3) is 0.462. The van der Waals surface area contributed by atoms with E-state index in [1.165, 1.54) is 0 Å². The highest BCUT2D eigenvalue weighted by Crippen LogP contribution is 2.25. The van der Waals surface area contributed by atoms with Gasteiger partial charge >= 0.3 is 0 Å². The monoisotopic (exact) mass is 283 g/mol. The van der Waals surface area contributed by atoms with E-state index in [4.69, 9.17) is 0 Å². The maximum Gasteiger partial charge on any atom is 0.160 e. The maximum atomic E-state index is 11.3. The van der Waals surface area contributed by atoms with Gasteiger partial charge in [-0.05, 0) is 54.4 Å². The molecule has 0 aliphatic heterocycles. The molecule has 1 atom stereocenters. The minimum absolute atomic E-state index is 0.0876. The van der Waals surface area contributed by atoms with Crippen LogP contribution in [0.3, 0.4) is 0 Å². The fourth-order valence-electron chi connectivity index (χ4n) is 1.54. The van der Waals surface area contributed by atoms with Crippen LogP contribution in [0.1, 0.15) is 37.6 Å². The van der Waals surface area contributed by atoms with E-state index in [2.05, 4.69) is 41.7 Å². The minimum atomic E-state index is 0.0876. The molecule has 0 aliphatic carbocycles. The Morgan fingerprint density at radius 2 is 2.12 bits per heavy atom. The van der Waals surface area contributed by atoms with E-state index >= 15 is 0 Å². The standard InChI is InChI=1S/C13H18BrNO/c1-5-9(2)15(4)11-6-7-12(10(3)16)13(14)8-11/h6-9H,5H2,1-4H3. The molecule has 1 unspecified atom stereocenters. The Bertz CT molecular complexity index is 390. The van der Waals surface area contributed by atoms with Crippen molar-refractivity contribution in [3.63, 3.8) is 0 Å². The molecule has 88 valence electrons. The van der Waals surface area contributed by atoms with Crippen LogP contribution in [-0.4, -0.2) is 18.9 Å². The number of carbonyl (C=O) groups excluding carboxylic acids is 1. The van der Waals surface area contributed by atoms with E-state index in [1.54, 1.807) is 6.92 Å². The molecular weight excluding hydrogens is 266 g/mol. The van der Waals surface area contributed by atoms with Crippen LogP contribution in [0.25, 0.3) is 0 Å². The molecule has 0 saturated heterocycles. The quantitative estimate of drug-likeness (QED) is 0.782. The molecular formula is C13H18BrNO. The highest BCUT2D eigenvalue weighted by Gasteiger charge is 2.11. The summed E-state index contributed by atoms with van der Waals surface area (Å²) in [4.78, 5) is 13.5. The predicted octanol–water partition coefficient (Wildman–Crippen LogP) is 3.89. The van der Waals surface area contributed by atoms with Crippen molar-refractivity contribution in [2.24, 2.45) is 0 Å². The second-order valence-electron chi connectivity index (χ2n) is 4.09. The van der Waals surface area contributed by atoms with Crippen molar-refractivity contribution >= 4 is 27.4 Å². The van der Waals surface area contributed by atoms with E-state index in [0.29, 0.717) is 6.04 Å². The van der Waals surface area contributed by atoms with Crippen LogP contribution >= 0.6 is 15.9 Å². The van der Waals surface area contributed by atoms with Gasteiger partial charge < -0.3 is 4.90 Å². The molecule has 0 aromatic heterocycles. The summed E-state index contributed by atoms with van der Waals surface area (Å²) in [7, 11) is 2.07. The van der Waals surface area contributed by atoms with Crippen LogP contribution in [0.4, 0.5) is 5.69 Å². The van der Waals surface area contributed by atoms with Gasteiger partial charge in [-0.15, -0.1) is 0 Å². The van der Waals surface area contributed by atoms with Gasteiger partial charge in [-0.25, -0.2) is 0 Å². The molecule has 3 heteroatoms. The molecule has 0 fully saturated rings. The summed E-state index contributed by atoms with van der Waals surface area (Å²) in [5, 5.41) is 0. The smallest absolute Gasteiger partial charge is 0.160 e. The van der Waals surface area contributed by atoms with Gasteiger partial charge in [0.1, 0.15) is 0 Å². The van der Waals surface area contributed by atoms with Crippen molar-refractivity contribution in [3.05, 3.63) is 28.2 Å². The Morgan fingerprint density at radius 1 is 1.50 bits per heavy atom. The maximum absolute atomic E-state index is 11.3. The molecule has 0 heterocycles. The van der Waals surface area contributed by atoms with Crippen LogP contribution in [0.2, 0.25) is 0 Å². The Labute approximate surface area is 106 Å². The normalized spacial score (nSPS) is 12.3. The van der Waals surface area contributed by atoms with E-state index in [0.717, 1.165) is 22.1 Å². The van der Waals surface area contributed by atoms with Crippen LogP contribution < -0.4 is 4.90 Å². The van der Waals surface area contributed by atoms with Gasteiger partial charge in [-0.3, -0.25) is 4.79 Å². The molecule has 1 rings (SSSR count). The first-order valence-electron chi connectivity index (χ1n) is 5.50. The number of hydrogen-bond acceptors (Lipinski definition) is 2. The number of rotatable bonds is 4. The third-order valence-electron chi connectivity index (χ3n) is 2.99. The lowest BCUT2D eigenvalue weighted by molar-refractivity contribution is 0.101. The summed E-state index contributed by atoms with van der Waals surface area (Å²) in [5.41, 5.74) is 1.87. The van der Waals surface area contributed by atoms with Crippen molar-refractivity contribution < 1.29 is 4.79 Å². The minimum Gasteiger partial charge on any atom is -0.372 e. The summed E-state index contributed by atoms with van der Waals surface area (Å²) in [6.45, 7) is 5.94. The van der Waals surface area contributed by atoms with Crippen LogP contribution in [0.5, 0.6) is 0 Å². The van der Waals surface area contributed by atoms with Gasteiger partial charge in [0, 0.05) is 28.8 Å². The third-order valence-corrected chi connectivity index (χ3v) is 3.65. The van der Waals surface area contributed by atoms with E-state index in [9.17, 15) is 4.79 Å². The molecule has 0 radical (unpaired) electrons. The Balaban J connectivity index is 3.01. The highest BCUT2D eigenvalue weighted by molar-refractivity contribution is 9.10. The lowest BCUT2D eigenvalue weighted by Gasteiger charge is -2.26. The first-order valence-corrected chi connectivity index (χ1v) is 6.30. The van der Waals surface area contributed by atoms with E-state index in [1.807, 2.05) is 18.2 Å². The summed E-state index contributed by atoms with van der Waals surface area (Å²) < 4.78 is 0.868. The topological polar surface area (TPSA) is 20.3 Å². The summed E-state index contributed by atoms with van der Waals surface area (Å²) in [6, 6.07) is 6.37. The molecule has 0 aliphatic rings. The third kappa shape index (κ3) is 2.85. The van der Waals surface area contributed by atoms with Crippen molar-refractivity contribution in [3.8, 4) is 0 Å². The van der Waals surface area contributed by atoms with Crippen molar-refractivity contribution in [2.45, 2.75) is 33.2 Å². The molecule has 1 aromatic rings. The molecule has 16 heavy (non-hydrogen) atoms. The summed E-state index contributed by atoms with van der Waals surface area (Å²) in [6.07, 6.45) is 1.10. The number of halogens is 1. The zero-order valence-electron chi connectivity index (χ0n) is 10.2. The zero-order valence-corrected chi connectivity index (χ0v) is 11.8. The van der Waals surface area contributed by atoms with E-state index < -0.39 is 0 Å². The van der Waals surface area contributed by atoms with Crippen LogP contribution in [-0.2, 0) is 0 Å². The second kappa shape index (κ2) is 5.48. The van der Waals surface area contributed by atoms with Gasteiger partial charge in [-0.2, -0.15) is 0 Å². The molecule has 0 amide bonds. The summed E-state index contributed by atoms with van der Waals surface area (Å²) in [5.74, 6) is 0.0876. The van der Waals surface area contributed by atoms with E-state index in [-0.39, 0.29) is 5.78 Å². The number of benzene rings is 1. The molecule has 1 aromatic carbocycles. The van der Waals surface area contributed by atoms with Crippen molar-refractivity contribution in [1.82, 2.24) is 0 Å². The summed E-state index contributed by atoms with van der Waals surface area (Å²) >= 11 is 3.44. The molecule has 2 nitrogen and oxygen atoms in total. The predicted molar refractivity (Wildman–Crippen MR) is 72.3 cm³/mol. The number of nitrogens with zero attached hydrogens (tertiary/aromatic N) is 1. The molecule has 0 bridgehead atoms.